The summed E-state index contributed by atoms with van der Waals surface area (Å²) in [7, 11) is 0. The van der Waals surface area contributed by atoms with Gasteiger partial charge in [0.25, 0.3) is 0 Å². The van der Waals surface area contributed by atoms with Crippen molar-refractivity contribution in [1.29, 1.82) is 0 Å². The van der Waals surface area contributed by atoms with Gasteiger partial charge in [-0.25, -0.2) is 0 Å². The average molecular weight is 198 g/mol. The Morgan fingerprint density at radius 3 is 2.31 bits per heavy atom. The Bertz CT molecular complexity index is 212. The topological polar surface area (TPSA) is 46.5 Å². The maximum Gasteiger partial charge on any atom is 0.522 e. The van der Waals surface area contributed by atoms with Gasteiger partial charge in [0, 0.05) is 0 Å². The van der Waals surface area contributed by atoms with Crippen molar-refractivity contribution in [3.63, 3.8) is 0 Å². The van der Waals surface area contributed by atoms with Crippen molar-refractivity contribution in [3.05, 3.63) is 12.7 Å². The van der Waals surface area contributed by atoms with Crippen LogP contribution in [0, 0.1) is 5.41 Å². The third kappa shape index (κ3) is 3.93. The molecule has 0 saturated carbocycles. The van der Waals surface area contributed by atoms with Gasteiger partial charge in [-0.3, -0.25) is 9.53 Å². The van der Waals surface area contributed by atoms with E-state index in [9.17, 15) is 18.0 Å². The van der Waals surface area contributed by atoms with Crippen molar-refractivity contribution < 1.29 is 27.8 Å². The highest BCUT2D eigenvalue weighted by molar-refractivity contribution is 5.76. The summed E-state index contributed by atoms with van der Waals surface area (Å²) in [5.41, 5.74) is -1.71. The lowest BCUT2D eigenvalue weighted by atomic mass is 9.92. The highest BCUT2D eigenvalue weighted by Crippen LogP contribution is 2.24. The molecule has 1 unspecified atom stereocenters. The minimum Gasteiger partial charge on any atom is -0.481 e. The molecule has 0 aromatic carbocycles. The molecule has 0 aliphatic rings. The molecule has 0 amide bonds. The molecule has 0 saturated heterocycles. The first-order valence-electron chi connectivity index (χ1n) is 3.29. The first-order chi connectivity index (χ1) is 5.71. The molecule has 6 heteroatoms. The third-order valence-electron chi connectivity index (χ3n) is 1.47. The number of alkyl halides is 3. The maximum atomic E-state index is 11.5. The van der Waals surface area contributed by atoms with Gasteiger partial charge >= 0.3 is 12.3 Å². The average Bonchev–Trinajstić information content (AvgIpc) is 1.98. The zero-order valence-corrected chi connectivity index (χ0v) is 6.89. The maximum absolute atomic E-state index is 11.5. The normalized spacial score (nSPS) is 16.3. The highest BCUT2D eigenvalue weighted by Gasteiger charge is 2.37. The van der Waals surface area contributed by atoms with Crippen molar-refractivity contribution in [2.75, 3.05) is 6.61 Å². The molecule has 76 valence electrons. The lowest BCUT2D eigenvalue weighted by Gasteiger charge is -2.20. The first kappa shape index (κ1) is 12.0. The van der Waals surface area contributed by atoms with E-state index in [1.807, 2.05) is 0 Å². The van der Waals surface area contributed by atoms with Crippen molar-refractivity contribution in [2.45, 2.75) is 13.3 Å². The van der Waals surface area contributed by atoms with Gasteiger partial charge in [-0.05, 0) is 6.92 Å². The van der Waals surface area contributed by atoms with Gasteiger partial charge in [0.1, 0.15) is 5.41 Å². The Balaban J connectivity index is 4.31. The number of hydrogen-bond donors (Lipinski definition) is 1. The predicted octanol–water partition coefficient (Wildman–Crippen LogP) is 1.80. The molecule has 0 aromatic rings. The van der Waals surface area contributed by atoms with Crippen molar-refractivity contribution in [1.82, 2.24) is 0 Å². The van der Waals surface area contributed by atoms with Crippen LogP contribution in [0.15, 0.2) is 12.7 Å². The first-order valence-corrected chi connectivity index (χ1v) is 3.29. The van der Waals surface area contributed by atoms with Crippen LogP contribution in [-0.4, -0.2) is 24.0 Å². The third-order valence-corrected chi connectivity index (χ3v) is 1.47. The van der Waals surface area contributed by atoms with Crippen LogP contribution in [0.1, 0.15) is 6.92 Å². The summed E-state index contributed by atoms with van der Waals surface area (Å²) in [6, 6.07) is 0. The van der Waals surface area contributed by atoms with Gasteiger partial charge in [0.05, 0.1) is 6.61 Å². The van der Waals surface area contributed by atoms with Crippen LogP contribution >= 0.6 is 0 Å². The van der Waals surface area contributed by atoms with E-state index in [2.05, 4.69) is 11.3 Å². The number of carboxylic acids is 1. The predicted molar refractivity (Wildman–Crippen MR) is 37.9 cm³/mol. The number of ether oxygens (including phenoxy) is 1. The molecular formula is C7H9F3O3. The second-order valence-corrected chi connectivity index (χ2v) is 2.66. The van der Waals surface area contributed by atoms with E-state index in [0.717, 1.165) is 13.0 Å². The summed E-state index contributed by atoms with van der Waals surface area (Å²) in [6.07, 6.45) is -3.92. The fraction of sp³-hybridized carbons (Fsp3) is 0.571. The van der Waals surface area contributed by atoms with Crippen LogP contribution < -0.4 is 0 Å². The van der Waals surface area contributed by atoms with Gasteiger partial charge in [0.2, 0.25) is 0 Å². The largest absolute Gasteiger partial charge is 0.522 e. The molecule has 0 rings (SSSR count). The van der Waals surface area contributed by atoms with Crippen LogP contribution in [-0.2, 0) is 9.53 Å². The zero-order valence-electron chi connectivity index (χ0n) is 6.89. The van der Waals surface area contributed by atoms with Gasteiger partial charge in [-0.2, -0.15) is 0 Å². The smallest absolute Gasteiger partial charge is 0.481 e. The number of aliphatic carboxylic acids is 1. The molecule has 0 heterocycles. The Morgan fingerprint density at radius 1 is 1.62 bits per heavy atom. The van der Waals surface area contributed by atoms with Crippen molar-refractivity contribution >= 4 is 5.97 Å². The fourth-order valence-corrected chi connectivity index (χ4v) is 0.440. The molecule has 0 bridgehead atoms. The SMILES string of the molecule is C=CC(C)(COC(F)(F)F)C(=O)O. The number of hydrogen-bond acceptors (Lipinski definition) is 2. The summed E-state index contributed by atoms with van der Waals surface area (Å²) in [6.45, 7) is 3.24. The van der Waals surface area contributed by atoms with E-state index in [1.165, 1.54) is 0 Å². The van der Waals surface area contributed by atoms with Crippen LogP contribution in [0.5, 0.6) is 0 Å². The summed E-state index contributed by atoms with van der Waals surface area (Å²) in [5.74, 6) is -1.41. The monoisotopic (exact) mass is 198 g/mol. The minimum absolute atomic E-state index is 0.904. The molecule has 1 N–H and O–H groups in total. The molecular weight excluding hydrogens is 189 g/mol. The molecule has 0 aromatic heterocycles. The number of halogens is 3. The lowest BCUT2D eigenvalue weighted by molar-refractivity contribution is -0.330. The molecule has 13 heavy (non-hydrogen) atoms. The molecule has 0 aliphatic carbocycles. The minimum atomic E-state index is -4.82. The Morgan fingerprint density at radius 2 is 2.08 bits per heavy atom. The molecule has 0 spiro atoms. The second kappa shape index (κ2) is 3.78. The van der Waals surface area contributed by atoms with Crippen LogP contribution in [0.2, 0.25) is 0 Å². The van der Waals surface area contributed by atoms with Gasteiger partial charge < -0.3 is 5.11 Å². The highest BCUT2D eigenvalue weighted by atomic mass is 19.4. The van der Waals surface area contributed by atoms with Crippen molar-refractivity contribution in [3.8, 4) is 0 Å². The lowest BCUT2D eigenvalue weighted by Crippen LogP contribution is -2.33. The van der Waals surface area contributed by atoms with E-state index in [1.54, 1.807) is 0 Å². The summed E-state index contributed by atoms with van der Waals surface area (Å²) in [5, 5.41) is 8.51. The van der Waals surface area contributed by atoms with Crippen LogP contribution in [0.25, 0.3) is 0 Å². The standard InChI is InChI=1S/C7H9F3O3/c1-3-6(2,5(11)12)4-13-7(8,9)10/h3H,1,4H2,2H3,(H,11,12). The van der Waals surface area contributed by atoms with E-state index in [-0.39, 0.29) is 0 Å². The molecule has 1 atom stereocenters. The second-order valence-electron chi connectivity index (χ2n) is 2.66. The Kier molecular flexibility index (Phi) is 3.48. The molecule has 0 fully saturated rings. The quantitative estimate of drug-likeness (QED) is 0.700. The van der Waals surface area contributed by atoms with E-state index < -0.39 is 24.4 Å². The summed E-state index contributed by atoms with van der Waals surface area (Å²) in [4.78, 5) is 10.5. The fourth-order valence-electron chi connectivity index (χ4n) is 0.440. The van der Waals surface area contributed by atoms with E-state index >= 15 is 0 Å². The number of rotatable bonds is 4. The van der Waals surface area contributed by atoms with Crippen LogP contribution in [0.4, 0.5) is 13.2 Å². The van der Waals surface area contributed by atoms with Gasteiger partial charge in [0.15, 0.2) is 0 Å². The Labute approximate surface area is 72.8 Å². The van der Waals surface area contributed by atoms with Gasteiger partial charge in [-0.1, -0.05) is 6.08 Å². The summed E-state index contributed by atoms with van der Waals surface area (Å²) >= 11 is 0. The number of carbonyl (C=O) groups is 1. The van der Waals surface area contributed by atoms with Gasteiger partial charge in [-0.15, -0.1) is 19.8 Å². The summed E-state index contributed by atoms with van der Waals surface area (Å²) < 4.78 is 38.0. The molecule has 0 radical (unpaired) electrons. The molecule has 0 aliphatic heterocycles. The van der Waals surface area contributed by atoms with Crippen LogP contribution in [0.3, 0.4) is 0 Å². The Hall–Kier alpha value is -1.04. The van der Waals surface area contributed by atoms with Crippen molar-refractivity contribution in [2.24, 2.45) is 5.41 Å². The zero-order chi connectivity index (χ0) is 10.7. The molecule has 3 nitrogen and oxygen atoms in total. The van der Waals surface area contributed by atoms with E-state index in [4.69, 9.17) is 5.11 Å². The number of carboxylic acid groups (broad SMARTS) is 1. The van der Waals surface area contributed by atoms with E-state index in [0.29, 0.717) is 0 Å².